The van der Waals surface area contributed by atoms with Crippen LogP contribution in [0.5, 0.6) is 0 Å². The van der Waals surface area contributed by atoms with E-state index in [1.54, 1.807) is 0 Å². The van der Waals surface area contributed by atoms with Gasteiger partial charge < -0.3 is 17.4 Å². The van der Waals surface area contributed by atoms with E-state index >= 15 is 0 Å². The van der Waals surface area contributed by atoms with Gasteiger partial charge in [0.05, 0.1) is 0 Å². The van der Waals surface area contributed by atoms with Crippen LogP contribution >= 0.6 is 0 Å². The van der Waals surface area contributed by atoms with E-state index in [4.69, 9.17) is 17.4 Å². The number of rotatable bonds is 1. The smallest absolute Gasteiger partial charge is 0.256 e. The number of nitrogens with two attached hydrogens (primary N) is 3. The molecule has 0 aromatic carbocycles. The Morgan fingerprint density at radius 3 is 2.18 bits per heavy atom. The van der Waals surface area contributed by atoms with Gasteiger partial charge in [0, 0.05) is 6.42 Å². The molecule has 0 heterocycles. The third-order valence-corrected chi connectivity index (χ3v) is 0.865. The maximum absolute atomic E-state index is 5.10. The highest BCUT2D eigenvalue weighted by atomic mass is 15.3. The molecule has 0 saturated carbocycles. The predicted molar refractivity (Wildman–Crippen MR) is 42.6 cm³/mol. The number of hydrazone groups is 2. The van der Waals surface area contributed by atoms with E-state index in [2.05, 4.69) is 20.4 Å². The minimum absolute atomic E-state index is 0.111. The monoisotopic (exact) mass is 157 g/mol. The number of hydrogen-bond acceptors (Lipinski definition) is 4. The predicted octanol–water partition coefficient (Wildman–Crippen LogP) is -0.691. The van der Waals surface area contributed by atoms with Crippen LogP contribution in [0.4, 0.5) is 0 Å². The van der Waals surface area contributed by atoms with E-state index in [9.17, 15) is 0 Å². The van der Waals surface area contributed by atoms with Crippen molar-refractivity contribution in [1.82, 2.24) is 0 Å². The van der Waals surface area contributed by atoms with Gasteiger partial charge in [0.25, 0.3) is 5.96 Å². The summed E-state index contributed by atoms with van der Waals surface area (Å²) in [6, 6.07) is 0. The van der Waals surface area contributed by atoms with Crippen molar-refractivity contribution < 1.29 is 0 Å². The molecule has 0 amide bonds. The lowest BCUT2D eigenvalue weighted by Gasteiger charge is -1.89. The molecule has 0 aromatic heterocycles. The summed E-state index contributed by atoms with van der Waals surface area (Å²) in [5.74, 6) is 9.99. The normalized spacial score (nSPS) is 14.3. The SMILES string of the molecule is CCC(N=N/C(N)=N/N)=NN. The van der Waals surface area contributed by atoms with Crippen molar-refractivity contribution in [3.05, 3.63) is 0 Å². The lowest BCUT2D eigenvalue weighted by atomic mass is 10.5. The molecule has 0 rings (SSSR count). The van der Waals surface area contributed by atoms with Crippen molar-refractivity contribution in [3.8, 4) is 0 Å². The van der Waals surface area contributed by atoms with Crippen molar-refractivity contribution in [2.45, 2.75) is 13.3 Å². The van der Waals surface area contributed by atoms with Crippen LogP contribution in [-0.2, 0) is 0 Å². The number of azo groups is 1. The summed E-state index contributed by atoms with van der Waals surface area (Å²) in [7, 11) is 0. The van der Waals surface area contributed by atoms with Crippen LogP contribution in [0.1, 0.15) is 13.3 Å². The minimum Gasteiger partial charge on any atom is -0.365 e. The molecular weight excluding hydrogens is 146 g/mol. The Morgan fingerprint density at radius 2 is 1.82 bits per heavy atom. The van der Waals surface area contributed by atoms with Crippen LogP contribution in [0.2, 0.25) is 0 Å². The lowest BCUT2D eigenvalue weighted by Crippen LogP contribution is -2.10. The Morgan fingerprint density at radius 1 is 1.18 bits per heavy atom. The molecule has 62 valence electrons. The molecule has 7 nitrogen and oxygen atoms in total. The topological polar surface area (TPSA) is 127 Å². The van der Waals surface area contributed by atoms with Crippen LogP contribution in [0.3, 0.4) is 0 Å². The summed E-state index contributed by atoms with van der Waals surface area (Å²) in [4.78, 5) is 0. The molecule has 0 aliphatic heterocycles. The van der Waals surface area contributed by atoms with Gasteiger partial charge in [0.1, 0.15) is 0 Å². The fourth-order valence-electron chi connectivity index (χ4n) is 0.323. The van der Waals surface area contributed by atoms with Gasteiger partial charge in [-0.2, -0.15) is 5.10 Å². The Kier molecular flexibility index (Phi) is 4.37. The average Bonchev–Trinajstić information content (AvgIpc) is 2.06. The number of guanidine groups is 1. The fourth-order valence-corrected chi connectivity index (χ4v) is 0.323. The second kappa shape index (κ2) is 5.15. The zero-order valence-corrected chi connectivity index (χ0v) is 6.23. The van der Waals surface area contributed by atoms with Crippen LogP contribution in [0, 0.1) is 0 Å². The molecule has 6 N–H and O–H groups in total. The van der Waals surface area contributed by atoms with E-state index in [1.165, 1.54) is 0 Å². The molecule has 0 unspecified atom stereocenters. The minimum atomic E-state index is -0.111. The second-order valence-electron chi connectivity index (χ2n) is 1.59. The van der Waals surface area contributed by atoms with Crippen LogP contribution in [-0.4, -0.2) is 11.8 Å². The molecule has 7 heteroatoms. The van der Waals surface area contributed by atoms with Crippen LogP contribution < -0.4 is 17.4 Å². The average molecular weight is 157 g/mol. The van der Waals surface area contributed by atoms with Crippen molar-refractivity contribution in [2.75, 3.05) is 0 Å². The molecule has 0 saturated heterocycles. The standard InChI is InChI=1S/C4H11N7/c1-2-3(8-6)10-11-4(5)9-7/h2,6-7H2,1H3,(H2,5,9). The highest BCUT2D eigenvalue weighted by molar-refractivity contribution is 5.85. The summed E-state index contributed by atoms with van der Waals surface area (Å²) in [6.45, 7) is 1.83. The van der Waals surface area contributed by atoms with Gasteiger partial charge in [-0.1, -0.05) is 6.92 Å². The zero-order valence-electron chi connectivity index (χ0n) is 6.23. The maximum atomic E-state index is 5.10. The largest absolute Gasteiger partial charge is 0.365 e. The summed E-state index contributed by atoms with van der Waals surface area (Å²) >= 11 is 0. The van der Waals surface area contributed by atoms with Gasteiger partial charge in [-0.3, -0.25) is 0 Å². The number of hydrogen-bond donors (Lipinski definition) is 3. The first-order valence-electron chi connectivity index (χ1n) is 2.96. The molecule has 0 fully saturated rings. The van der Waals surface area contributed by atoms with Gasteiger partial charge in [-0.15, -0.1) is 15.3 Å². The first-order chi connectivity index (χ1) is 5.24. The van der Waals surface area contributed by atoms with Gasteiger partial charge in [-0.05, 0) is 0 Å². The molecular formula is C4H11N7. The first kappa shape index (κ1) is 9.34. The lowest BCUT2D eigenvalue weighted by molar-refractivity contribution is 1.10. The van der Waals surface area contributed by atoms with Crippen molar-refractivity contribution in [3.63, 3.8) is 0 Å². The molecule has 0 atom stereocenters. The number of nitrogens with zero attached hydrogens (tertiary/aromatic N) is 4. The third-order valence-electron chi connectivity index (χ3n) is 0.865. The molecule has 0 bridgehead atoms. The third kappa shape index (κ3) is 3.84. The highest BCUT2D eigenvalue weighted by Gasteiger charge is 1.90. The van der Waals surface area contributed by atoms with Gasteiger partial charge in [0.15, 0.2) is 5.84 Å². The Hall–Kier alpha value is -1.66. The van der Waals surface area contributed by atoms with Crippen molar-refractivity contribution >= 4 is 11.8 Å². The van der Waals surface area contributed by atoms with Crippen molar-refractivity contribution in [1.29, 1.82) is 0 Å². The summed E-state index contributed by atoms with van der Waals surface area (Å²) in [5, 5.41) is 13.3. The van der Waals surface area contributed by atoms with E-state index in [0.717, 1.165) is 0 Å². The van der Waals surface area contributed by atoms with Gasteiger partial charge in [-0.25, -0.2) is 0 Å². The summed E-state index contributed by atoms with van der Waals surface area (Å²) < 4.78 is 0. The molecule has 0 aromatic rings. The Balaban J connectivity index is 4.12. The zero-order chi connectivity index (χ0) is 8.69. The summed E-state index contributed by atoms with van der Waals surface area (Å²) in [5.41, 5.74) is 5.10. The highest BCUT2D eigenvalue weighted by Crippen LogP contribution is 1.86. The van der Waals surface area contributed by atoms with Crippen LogP contribution in [0.15, 0.2) is 20.4 Å². The van der Waals surface area contributed by atoms with Gasteiger partial charge in [0.2, 0.25) is 0 Å². The fraction of sp³-hybridized carbons (Fsp3) is 0.500. The second-order valence-corrected chi connectivity index (χ2v) is 1.59. The van der Waals surface area contributed by atoms with E-state index < -0.39 is 0 Å². The Labute approximate surface area is 64.0 Å². The first-order valence-corrected chi connectivity index (χ1v) is 2.96. The van der Waals surface area contributed by atoms with Crippen LogP contribution in [0.25, 0.3) is 0 Å². The van der Waals surface area contributed by atoms with Gasteiger partial charge >= 0.3 is 0 Å². The molecule has 0 radical (unpaired) electrons. The molecule has 11 heavy (non-hydrogen) atoms. The Bertz CT molecular complexity index is 191. The van der Waals surface area contributed by atoms with E-state index in [-0.39, 0.29) is 5.96 Å². The quantitative estimate of drug-likeness (QED) is 0.153. The number of amidine groups is 1. The maximum Gasteiger partial charge on any atom is 0.256 e. The van der Waals surface area contributed by atoms with E-state index in [0.29, 0.717) is 12.3 Å². The summed E-state index contributed by atoms with van der Waals surface area (Å²) in [6.07, 6.45) is 0.581. The molecule has 0 aliphatic rings. The molecule has 0 aliphatic carbocycles. The molecule has 0 spiro atoms. The van der Waals surface area contributed by atoms with E-state index in [1.807, 2.05) is 6.92 Å². The van der Waals surface area contributed by atoms with Crippen molar-refractivity contribution in [2.24, 2.45) is 37.9 Å².